The van der Waals surface area contributed by atoms with Gasteiger partial charge < -0.3 is 19.6 Å². The van der Waals surface area contributed by atoms with Crippen LogP contribution >= 0.6 is 15.9 Å². The molecule has 0 aliphatic rings. The molecule has 24 heavy (non-hydrogen) atoms. The van der Waals surface area contributed by atoms with Crippen molar-refractivity contribution in [3.63, 3.8) is 0 Å². The molecule has 8 nitrogen and oxygen atoms in total. The van der Waals surface area contributed by atoms with Gasteiger partial charge in [0.1, 0.15) is 22.4 Å². The van der Waals surface area contributed by atoms with Crippen LogP contribution in [-0.4, -0.2) is 41.8 Å². The fourth-order valence-electron chi connectivity index (χ4n) is 1.31. The third kappa shape index (κ3) is 11.8. The zero-order valence-electron chi connectivity index (χ0n) is 14.2. The molecule has 0 aromatic carbocycles. The van der Waals surface area contributed by atoms with Gasteiger partial charge in [-0.05, 0) is 27.2 Å². The van der Waals surface area contributed by atoms with E-state index >= 15 is 0 Å². The van der Waals surface area contributed by atoms with Crippen molar-refractivity contribution in [1.82, 2.24) is 5.32 Å². The summed E-state index contributed by atoms with van der Waals surface area (Å²) in [5, 5.41) is 6.15. The number of hydrogen-bond acceptors (Lipinski definition) is 8. The predicted octanol–water partition coefficient (Wildman–Crippen LogP) is 2.47. The standard InChI is InChI=1S/C15H24BrN3O5/c1-11(20)5-6-13(21)24-10-12(19-17)9-18-7-4-8-23-14(22)15(2,3)16/h9,17-18H,4-8,10H2,1-3H3/b12-9-,19-17?. The lowest BCUT2D eigenvalue weighted by Gasteiger charge is -2.14. The summed E-state index contributed by atoms with van der Waals surface area (Å²) in [6.07, 6.45) is 2.19. The minimum absolute atomic E-state index is 0.0172. The first kappa shape index (κ1) is 22.2. The van der Waals surface area contributed by atoms with Crippen LogP contribution in [0.5, 0.6) is 0 Å². The van der Waals surface area contributed by atoms with Crippen LogP contribution in [-0.2, 0) is 23.9 Å². The second-order valence-electron chi connectivity index (χ2n) is 5.53. The second kappa shape index (κ2) is 11.7. The molecule has 0 heterocycles. The van der Waals surface area contributed by atoms with E-state index < -0.39 is 10.3 Å². The Hall–Kier alpha value is -1.77. The number of hydrogen-bond donors (Lipinski definition) is 2. The number of carbonyl (C=O) groups is 3. The quantitative estimate of drug-likeness (QED) is 0.223. The highest BCUT2D eigenvalue weighted by Crippen LogP contribution is 2.17. The van der Waals surface area contributed by atoms with Gasteiger partial charge in [0.15, 0.2) is 0 Å². The first-order valence-electron chi connectivity index (χ1n) is 7.48. The van der Waals surface area contributed by atoms with Crippen molar-refractivity contribution in [1.29, 1.82) is 5.53 Å². The van der Waals surface area contributed by atoms with E-state index in [-0.39, 0.29) is 43.5 Å². The van der Waals surface area contributed by atoms with Crippen molar-refractivity contribution in [2.75, 3.05) is 19.8 Å². The smallest absolute Gasteiger partial charge is 0.322 e. The molecule has 0 saturated heterocycles. The van der Waals surface area contributed by atoms with E-state index in [9.17, 15) is 14.4 Å². The maximum absolute atomic E-state index is 11.5. The highest BCUT2D eigenvalue weighted by Gasteiger charge is 2.24. The van der Waals surface area contributed by atoms with Crippen LogP contribution in [0, 0.1) is 5.53 Å². The molecule has 0 aromatic rings. The number of carbonyl (C=O) groups excluding carboxylic acids is 3. The Labute approximate surface area is 150 Å². The molecule has 2 N–H and O–H groups in total. The van der Waals surface area contributed by atoms with Gasteiger partial charge in [0.05, 0.1) is 13.0 Å². The van der Waals surface area contributed by atoms with E-state index in [0.29, 0.717) is 13.0 Å². The van der Waals surface area contributed by atoms with Crippen LogP contribution in [0.2, 0.25) is 0 Å². The molecule has 0 radical (unpaired) electrons. The summed E-state index contributed by atoms with van der Waals surface area (Å²) in [7, 11) is 0. The van der Waals surface area contributed by atoms with E-state index in [2.05, 4.69) is 26.4 Å². The van der Waals surface area contributed by atoms with E-state index in [0.717, 1.165) is 0 Å². The van der Waals surface area contributed by atoms with Crippen LogP contribution in [0.4, 0.5) is 0 Å². The second-order valence-corrected chi connectivity index (χ2v) is 7.51. The Balaban J connectivity index is 3.93. The average molecular weight is 406 g/mol. The van der Waals surface area contributed by atoms with Gasteiger partial charge in [0.25, 0.3) is 0 Å². The van der Waals surface area contributed by atoms with Crippen molar-refractivity contribution in [2.45, 2.75) is 44.4 Å². The molecule has 0 spiro atoms. The molecule has 0 saturated carbocycles. The lowest BCUT2D eigenvalue weighted by atomic mass is 10.2. The van der Waals surface area contributed by atoms with Crippen molar-refractivity contribution in [3.05, 3.63) is 11.9 Å². The number of ketones is 1. The zero-order valence-corrected chi connectivity index (χ0v) is 15.8. The number of rotatable bonds is 12. The maximum atomic E-state index is 11.5. The number of alkyl halides is 1. The summed E-state index contributed by atoms with van der Waals surface area (Å²) in [6.45, 7) is 5.44. The average Bonchev–Trinajstić information content (AvgIpc) is 2.50. The lowest BCUT2D eigenvalue weighted by Crippen LogP contribution is -2.27. The number of esters is 2. The number of nitrogens with zero attached hydrogens (tertiary/aromatic N) is 1. The summed E-state index contributed by atoms with van der Waals surface area (Å²) in [4.78, 5) is 33.6. The number of halogens is 1. The minimum Gasteiger partial charge on any atom is -0.465 e. The number of Topliss-reactive ketones (excluding diaryl/α,β-unsaturated/α-hetero) is 1. The van der Waals surface area contributed by atoms with Crippen LogP contribution in [0.3, 0.4) is 0 Å². The molecule has 0 amide bonds. The van der Waals surface area contributed by atoms with Crippen molar-refractivity contribution >= 4 is 33.7 Å². The monoisotopic (exact) mass is 405 g/mol. The van der Waals surface area contributed by atoms with Gasteiger partial charge in [-0.3, -0.25) is 9.59 Å². The van der Waals surface area contributed by atoms with Crippen molar-refractivity contribution in [3.8, 4) is 0 Å². The van der Waals surface area contributed by atoms with E-state index in [1.54, 1.807) is 13.8 Å². The minimum atomic E-state index is -0.704. The van der Waals surface area contributed by atoms with Gasteiger partial charge in [-0.25, -0.2) is 5.53 Å². The maximum Gasteiger partial charge on any atom is 0.322 e. The molecule has 0 atom stereocenters. The Morgan fingerprint density at radius 3 is 2.46 bits per heavy atom. The predicted molar refractivity (Wildman–Crippen MR) is 90.7 cm³/mol. The van der Waals surface area contributed by atoms with E-state index in [1.807, 2.05) is 0 Å². The fraction of sp³-hybridized carbons (Fsp3) is 0.667. The Bertz CT molecular complexity index is 486. The zero-order chi connectivity index (χ0) is 18.6. The molecule has 0 rings (SSSR count). The van der Waals surface area contributed by atoms with Crippen LogP contribution in [0.1, 0.15) is 40.0 Å². The molecular formula is C15H24BrN3O5. The van der Waals surface area contributed by atoms with E-state index in [1.165, 1.54) is 13.1 Å². The molecule has 0 aliphatic heterocycles. The van der Waals surface area contributed by atoms with Gasteiger partial charge >= 0.3 is 11.9 Å². The largest absolute Gasteiger partial charge is 0.465 e. The number of nitrogens with one attached hydrogen (secondary N) is 2. The fourth-order valence-corrected chi connectivity index (χ4v) is 1.43. The molecular weight excluding hydrogens is 382 g/mol. The van der Waals surface area contributed by atoms with Gasteiger partial charge in [0, 0.05) is 19.2 Å². The SMILES string of the molecule is CC(=O)CCC(=O)OC/C(=C/NCCCOC(=O)C(C)(C)Br)N=N. The third-order valence-electron chi connectivity index (χ3n) is 2.66. The van der Waals surface area contributed by atoms with Gasteiger partial charge in [-0.15, -0.1) is 0 Å². The Kier molecular flexibility index (Phi) is 10.9. The van der Waals surface area contributed by atoms with Gasteiger partial charge in [-0.2, -0.15) is 5.11 Å². The highest BCUT2D eigenvalue weighted by molar-refractivity contribution is 9.10. The van der Waals surface area contributed by atoms with Crippen LogP contribution in [0.15, 0.2) is 17.0 Å². The van der Waals surface area contributed by atoms with Crippen molar-refractivity contribution in [2.24, 2.45) is 5.11 Å². The van der Waals surface area contributed by atoms with Crippen LogP contribution < -0.4 is 5.32 Å². The molecule has 0 aliphatic carbocycles. The Morgan fingerprint density at radius 1 is 1.25 bits per heavy atom. The summed E-state index contributed by atoms with van der Waals surface area (Å²) in [5.41, 5.74) is 7.25. The summed E-state index contributed by atoms with van der Waals surface area (Å²) in [6, 6.07) is 0. The van der Waals surface area contributed by atoms with Crippen LogP contribution in [0.25, 0.3) is 0 Å². The summed E-state index contributed by atoms with van der Waals surface area (Å²) >= 11 is 3.21. The molecule has 0 unspecified atom stereocenters. The molecule has 9 heteroatoms. The van der Waals surface area contributed by atoms with E-state index in [4.69, 9.17) is 15.0 Å². The molecule has 136 valence electrons. The summed E-state index contributed by atoms with van der Waals surface area (Å²) < 4.78 is 9.26. The number of ether oxygens (including phenoxy) is 2. The third-order valence-corrected chi connectivity index (χ3v) is 2.98. The van der Waals surface area contributed by atoms with Crippen molar-refractivity contribution < 1.29 is 23.9 Å². The highest BCUT2D eigenvalue weighted by atomic mass is 79.9. The normalized spacial score (nSPS) is 11.6. The van der Waals surface area contributed by atoms with Gasteiger partial charge in [-0.1, -0.05) is 15.9 Å². The Morgan fingerprint density at radius 2 is 1.92 bits per heavy atom. The van der Waals surface area contributed by atoms with Gasteiger partial charge in [0.2, 0.25) is 0 Å². The first-order chi connectivity index (χ1) is 11.2. The topological polar surface area (TPSA) is 118 Å². The first-order valence-corrected chi connectivity index (χ1v) is 8.27. The molecule has 0 fully saturated rings. The molecule has 0 aromatic heterocycles. The lowest BCUT2D eigenvalue weighted by molar-refractivity contribution is -0.145. The summed E-state index contributed by atoms with van der Waals surface area (Å²) in [5.74, 6) is -0.931. The molecule has 0 bridgehead atoms.